The average Bonchev–Trinajstić information content (AvgIpc) is 3.15. The zero-order valence-electron chi connectivity index (χ0n) is 16.4. The second kappa shape index (κ2) is 9.65. The second-order valence-corrected chi connectivity index (χ2v) is 7.19. The van der Waals surface area contributed by atoms with E-state index >= 15 is 0 Å². The Morgan fingerprint density at radius 3 is 2.63 bits per heavy atom. The van der Waals surface area contributed by atoms with Gasteiger partial charge in [-0.15, -0.1) is 0 Å². The maximum atomic E-state index is 12.7. The third kappa shape index (κ3) is 5.11. The van der Waals surface area contributed by atoms with Crippen LogP contribution in [0.3, 0.4) is 0 Å². The van der Waals surface area contributed by atoms with Crippen LogP contribution in [0.2, 0.25) is 10.0 Å². The first-order chi connectivity index (χ1) is 14.4. The molecule has 0 aliphatic heterocycles. The van der Waals surface area contributed by atoms with Crippen LogP contribution in [0.4, 0.5) is 5.69 Å². The number of aryl methyl sites for hydroxylation is 1. The maximum Gasteiger partial charge on any atom is 0.273 e. The van der Waals surface area contributed by atoms with Crippen LogP contribution < -0.4 is 15.4 Å². The molecule has 2 aromatic carbocycles. The molecule has 156 valence electrons. The molecule has 2 N–H and O–H groups in total. The zero-order chi connectivity index (χ0) is 21.7. The van der Waals surface area contributed by atoms with E-state index in [1.54, 1.807) is 47.3 Å². The monoisotopic (exact) mass is 446 g/mol. The number of benzene rings is 2. The molecule has 7 nitrogen and oxygen atoms in total. The molecule has 1 heterocycles. The lowest BCUT2D eigenvalue weighted by Crippen LogP contribution is -2.21. The summed E-state index contributed by atoms with van der Waals surface area (Å²) in [5.41, 5.74) is 1.70. The van der Waals surface area contributed by atoms with E-state index in [9.17, 15) is 9.59 Å². The highest BCUT2D eigenvalue weighted by molar-refractivity contribution is 6.35. The lowest BCUT2D eigenvalue weighted by Gasteiger charge is -2.10. The fraction of sp³-hybridized carbons (Fsp3) is 0.190. The highest BCUT2D eigenvalue weighted by atomic mass is 35.5. The van der Waals surface area contributed by atoms with Gasteiger partial charge in [-0.2, -0.15) is 5.10 Å². The van der Waals surface area contributed by atoms with Crippen molar-refractivity contribution in [3.8, 4) is 5.75 Å². The summed E-state index contributed by atoms with van der Waals surface area (Å²) >= 11 is 12.0. The van der Waals surface area contributed by atoms with Gasteiger partial charge in [0.25, 0.3) is 11.8 Å². The number of amides is 2. The van der Waals surface area contributed by atoms with Crippen LogP contribution in [0.5, 0.6) is 5.75 Å². The number of nitrogens with one attached hydrogen (secondary N) is 2. The fourth-order valence-corrected chi connectivity index (χ4v) is 3.17. The molecule has 0 radical (unpaired) electrons. The van der Waals surface area contributed by atoms with Gasteiger partial charge in [-0.25, -0.2) is 0 Å². The molecule has 2 amide bonds. The van der Waals surface area contributed by atoms with E-state index < -0.39 is 0 Å². The van der Waals surface area contributed by atoms with E-state index in [0.717, 1.165) is 5.56 Å². The van der Waals surface area contributed by atoms with Crippen molar-refractivity contribution in [1.29, 1.82) is 0 Å². The van der Waals surface area contributed by atoms with Gasteiger partial charge in [0.15, 0.2) is 5.69 Å². The van der Waals surface area contributed by atoms with Gasteiger partial charge in [-0.3, -0.25) is 14.3 Å². The lowest BCUT2D eigenvalue weighted by molar-refractivity contribution is 0.0958. The number of carbonyl (C=O) groups is 2. The fourth-order valence-electron chi connectivity index (χ4n) is 2.71. The summed E-state index contributed by atoms with van der Waals surface area (Å²) in [4.78, 5) is 24.8. The van der Waals surface area contributed by atoms with Gasteiger partial charge in [-0.1, -0.05) is 35.3 Å². The van der Waals surface area contributed by atoms with Gasteiger partial charge in [0.1, 0.15) is 12.4 Å². The summed E-state index contributed by atoms with van der Waals surface area (Å²) in [7, 11) is 1.51. The predicted molar refractivity (Wildman–Crippen MR) is 116 cm³/mol. The van der Waals surface area contributed by atoms with Gasteiger partial charge in [-0.05, 0) is 42.8 Å². The Hall–Kier alpha value is -3.03. The molecule has 0 bridgehead atoms. The Balaban J connectivity index is 1.73. The van der Waals surface area contributed by atoms with Gasteiger partial charge in [0.2, 0.25) is 0 Å². The first kappa shape index (κ1) is 21.7. The number of ether oxygens (including phenoxy) is 1. The average molecular weight is 447 g/mol. The zero-order valence-corrected chi connectivity index (χ0v) is 17.9. The van der Waals surface area contributed by atoms with Crippen molar-refractivity contribution in [2.24, 2.45) is 0 Å². The predicted octanol–water partition coefficient (Wildman–Crippen LogP) is 4.40. The SMILES string of the molecule is CCn1cc(NC(=O)c2cccc(COc3ccc(Cl)cc3Cl)c2)c(C(=O)NC)n1. The summed E-state index contributed by atoms with van der Waals surface area (Å²) in [6, 6.07) is 12.0. The number of anilines is 1. The molecule has 0 aliphatic carbocycles. The highest BCUT2D eigenvalue weighted by Gasteiger charge is 2.18. The van der Waals surface area contributed by atoms with Crippen molar-refractivity contribution in [2.75, 3.05) is 12.4 Å². The van der Waals surface area contributed by atoms with Crippen molar-refractivity contribution in [1.82, 2.24) is 15.1 Å². The summed E-state index contributed by atoms with van der Waals surface area (Å²) < 4.78 is 7.31. The molecule has 0 spiro atoms. The minimum absolute atomic E-state index is 0.157. The minimum Gasteiger partial charge on any atom is -0.487 e. The van der Waals surface area contributed by atoms with Crippen molar-refractivity contribution in [3.05, 3.63) is 75.5 Å². The van der Waals surface area contributed by atoms with Gasteiger partial charge in [0, 0.05) is 30.4 Å². The number of hydrogen-bond donors (Lipinski definition) is 2. The molecular weight excluding hydrogens is 427 g/mol. The molecule has 1 aromatic heterocycles. The van der Waals surface area contributed by atoms with Gasteiger partial charge < -0.3 is 15.4 Å². The van der Waals surface area contributed by atoms with Crippen LogP contribution in [-0.4, -0.2) is 28.6 Å². The number of nitrogens with zero attached hydrogens (tertiary/aromatic N) is 2. The molecule has 0 saturated carbocycles. The van der Waals surface area contributed by atoms with Gasteiger partial charge >= 0.3 is 0 Å². The molecule has 0 atom stereocenters. The Morgan fingerprint density at radius 1 is 1.13 bits per heavy atom. The molecule has 0 fully saturated rings. The van der Waals surface area contributed by atoms with Crippen molar-refractivity contribution in [3.63, 3.8) is 0 Å². The second-order valence-electron chi connectivity index (χ2n) is 6.34. The Kier molecular flexibility index (Phi) is 6.97. The lowest BCUT2D eigenvalue weighted by atomic mass is 10.1. The van der Waals surface area contributed by atoms with Crippen molar-refractivity contribution in [2.45, 2.75) is 20.1 Å². The highest BCUT2D eigenvalue weighted by Crippen LogP contribution is 2.28. The summed E-state index contributed by atoms with van der Waals surface area (Å²) in [5.74, 6) is -0.236. The van der Waals surface area contributed by atoms with Crippen LogP contribution in [0.1, 0.15) is 33.3 Å². The molecular formula is C21H20Cl2N4O3. The van der Waals surface area contributed by atoms with E-state index in [1.165, 1.54) is 7.05 Å². The minimum atomic E-state index is -0.375. The Bertz CT molecular complexity index is 1080. The number of rotatable bonds is 7. The molecule has 30 heavy (non-hydrogen) atoms. The van der Waals surface area contributed by atoms with Crippen LogP contribution in [0.25, 0.3) is 0 Å². The van der Waals surface area contributed by atoms with Crippen molar-refractivity contribution >= 4 is 40.7 Å². The quantitative estimate of drug-likeness (QED) is 0.562. The van der Waals surface area contributed by atoms with Crippen LogP contribution >= 0.6 is 23.2 Å². The van der Waals surface area contributed by atoms with E-state index in [2.05, 4.69) is 15.7 Å². The number of halogens is 2. The molecule has 9 heteroatoms. The largest absolute Gasteiger partial charge is 0.487 e. The van der Waals surface area contributed by atoms with Gasteiger partial charge in [0.05, 0.1) is 10.7 Å². The van der Waals surface area contributed by atoms with Crippen molar-refractivity contribution < 1.29 is 14.3 Å². The Labute approximate surface area is 183 Å². The molecule has 0 unspecified atom stereocenters. The third-order valence-electron chi connectivity index (χ3n) is 4.25. The number of aromatic nitrogens is 2. The van der Waals surface area contributed by atoms with E-state index in [0.29, 0.717) is 33.6 Å². The first-order valence-electron chi connectivity index (χ1n) is 9.19. The van der Waals surface area contributed by atoms with Crippen LogP contribution in [0, 0.1) is 0 Å². The molecule has 3 aromatic rings. The third-order valence-corrected chi connectivity index (χ3v) is 4.78. The summed E-state index contributed by atoms with van der Waals surface area (Å²) in [6.07, 6.45) is 1.62. The number of carbonyl (C=O) groups excluding carboxylic acids is 2. The number of hydrogen-bond acceptors (Lipinski definition) is 4. The standard InChI is InChI=1S/C21H20Cl2N4O3/c1-3-27-11-17(19(26-27)21(29)24-2)25-20(28)14-6-4-5-13(9-14)12-30-18-8-7-15(22)10-16(18)23/h4-11H,3,12H2,1-2H3,(H,24,29)(H,25,28). The van der Waals surface area contributed by atoms with E-state index in [1.807, 2.05) is 13.0 Å². The Morgan fingerprint density at radius 2 is 1.93 bits per heavy atom. The maximum absolute atomic E-state index is 12.7. The smallest absolute Gasteiger partial charge is 0.273 e. The molecule has 0 aliphatic rings. The van der Waals surface area contributed by atoms with Crippen LogP contribution in [0.15, 0.2) is 48.7 Å². The summed E-state index contributed by atoms with van der Waals surface area (Å²) in [6.45, 7) is 2.68. The van der Waals surface area contributed by atoms with E-state index in [4.69, 9.17) is 27.9 Å². The first-order valence-corrected chi connectivity index (χ1v) is 9.94. The van der Waals surface area contributed by atoms with Crippen LogP contribution in [-0.2, 0) is 13.2 Å². The molecule has 3 rings (SSSR count). The topological polar surface area (TPSA) is 85.2 Å². The van der Waals surface area contributed by atoms with E-state index in [-0.39, 0.29) is 24.1 Å². The molecule has 0 saturated heterocycles. The summed E-state index contributed by atoms with van der Waals surface area (Å²) in [5, 5.41) is 10.4. The normalized spacial score (nSPS) is 10.5.